The number of imidazole rings is 1. The van der Waals surface area contributed by atoms with Crippen molar-refractivity contribution in [2.24, 2.45) is 0 Å². The number of fused-ring (bicyclic) bond motifs is 4. The normalized spacial score (nSPS) is 20.0. The van der Waals surface area contributed by atoms with Crippen LogP contribution in [0.4, 0.5) is 0 Å². The minimum Gasteiger partial charge on any atom is -0.476 e. The first-order valence-electron chi connectivity index (χ1n) is 16.2. The maximum absolute atomic E-state index is 13.5. The second-order valence-electron chi connectivity index (χ2n) is 13.3. The number of aromatic nitrogens is 3. The number of allylic oxidation sites excluding steroid dienone is 4. The predicted molar refractivity (Wildman–Crippen MR) is 185 cm³/mol. The summed E-state index contributed by atoms with van der Waals surface area (Å²) in [5, 5.41) is 11.0. The average molecular weight is 645 g/mol. The fourth-order valence-corrected chi connectivity index (χ4v) is 7.81. The van der Waals surface area contributed by atoms with Crippen molar-refractivity contribution in [3.8, 4) is 0 Å². The van der Waals surface area contributed by atoms with E-state index in [1.807, 2.05) is 36.6 Å². The molecule has 2 aliphatic carbocycles. The van der Waals surface area contributed by atoms with Gasteiger partial charge in [0.15, 0.2) is 5.69 Å². The number of hydrogen-bond acceptors (Lipinski definition) is 5. The fraction of sp³-hybridized carbons (Fsp3) is 0.444. The van der Waals surface area contributed by atoms with Gasteiger partial charge in [-0.25, -0.2) is 14.0 Å². The number of amides is 1. The lowest BCUT2D eigenvalue weighted by Gasteiger charge is -2.25. The lowest BCUT2D eigenvalue weighted by Crippen LogP contribution is -2.35. The first-order chi connectivity index (χ1) is 21.9. The third-order valence-electron chi connectivity index (χ3n) is 9.74. The molecule has 0 bridgehead atoms. The van der Waals surface area contributed by atoms with Gasteiger partial charge in [-0.2, -0.15) is 0 Å². The van der Waals surface area contributed by atoms with Crippen molar-refractivity contribution >= 4 is 49.5 Å². The number of carboxylic acid groups (broad SMARTS) is 1. The minimum absolute atomic E-state index is 0.0152. The highest BCUT2D eigenvalue weighted by molar-refractivity contribution is 7.99. The first-order valence-corrected chi connectivity index (χ1v) is 18.0. The summed E-state index contributed by atoms with van der Waals surface area (Å²) < 4.78 is 25.7. The molecule has 244 valence electrons. The molecule has 0 saturated heterocycles. The van der Waals surface area contributed by atoms with Gasteiger partial charge in [-0.15, -0.1) is 0 Å². The molecule has 2 atom stereocenters. The van der Waals surface area contributed by atoms with Crippen LogP contribution in [0.15, 0.2) is 48.3 Å². The predicted octanol–water partition coefficient (Wildman–Crippen LogP) is 6.76. The van der Waals surface area contributed by atoms with Gasteiger partial charge in [0.05, 0.1) is 40.1 Å². The summed E-state index contributed by atoms with van der Waals surface area (Å²) in [6.45, 7) is 7.98. The van der Waals surface area contributed by atoms with Crippen LogP contribution >= 0.6 is 0 Å². The van der Waals surface area contributed by atoms with E-state index in [1.165, 1.54) is 12.0 Å². The molecule has 3 aromatic rings. The van der Waals surface area contributed by atoms with E-state index >= 15 is 0 Å². The number of carboxylic acids is 1. The Morgan fingerprint density at radius 1 is 1.13 bits per heavy atom. The highest BCUT2D eigenvalue weighted by Crippen LogP contribution is 2.47. The molecule has 2 aromatic heterocycles. The smallest absolute Gasteiger partial charge is 0.356 e. The summed E-state index contributed by atoms with van der Waals surface area (Å²) in [6, 6.07) is 5.73. The molecule has 1 fully saturated rings. The van der Waals surface area contributed by atoms with Crippen LogP contribution in [0.2, 0.25) is 0 Å². The van der Waals surface area contributed by atoms with Gasteiger partial charge in [-0.3, -0.25) is 9.52 Å². The molecule has 0 radical (unpaired) electrons. The zero-order valence-electron chi connectivity index (χ0n) is 27.3. The molecule has 0 spiro atoms. The van der Waals surface area contributed by atoms with Gasteiger partial charge in [-0.05, 0) is 81.2 Å². The van der Waals surface area contributed by atoms with E-state index in [-0.39, 0.29) is 23.1 Å². The van der Waals surface area contributed by atoms with E-state index < -0.39 is 21.6 Å². The van der Waals surface area contributed by atoms with Gasteiger partial charge < -0.3 is 19.0 Å². The average Bonchev–Trinajstić information content (AvgIpc) is 3.56. The van der Waals surface area contributed by atoms with Crippen LogP contribution in [0.25, 0.3) is 22.0 Å². The molecule has 46 heavy (non-hydrogen) atoms. The van der Waals surface area contributed by atoms with E-state index in [9.17, 15) is 18.9 Å². The van der Waals surface area contributed by atoms with Crippen LogP contribution < -0.4 is 4.72 Å². The maximum Gasteiger partial charge on any atom is 0.356 e. The Morgan fingerprint density at radius 2 is 1.87 bits per heavy atom. The van der Waals surface area contributed by atoms with Crippen LogP contribution in [-0.4, -0.2) is 59.6 Å². The van der Waals surface area contributed by atoms with E-state index in [1.54, 1.807) is 27.3 Å². The van der Waals surface area contributed by atoms with Crippen LogP contribution in [0, 0.1) is 0 Å². The zero-order valence-corrected chi connectivity index (χ0v) is 28.2. The molecule has 1 saturated carbocycles. The largest absolute Gasteiger partial charge is 0.476 e. The molecule has 2 N–H and O–H groups in total. The monoisotopic (exact) mass is 644 g/mol. The molecule has 3 aliphatic rings. The SMILES string of the molecule is C=S(=O)(NC(=O)c1ccc2c(C3CCCCC3)c3n(c2c1)CC(c1c(C(=O)O)ncn1C(C)C)=CC1=C3C=CC(OC)C1)C(C)C. The Balaban J connectivity index is 1.63. The van der Waals surface area contributed by atoms with E-state index in [2.05, 4.69) is 38.4 Å². The van der Waals surface area contributed by atoms with Crippen molar-refractivity contribution in [1.82, 2.24) is 18.8 Å². The number of benzene rings is 1. The molecule has 2 unspecified atom stereocenters. The Hall–Kier alpha value is -3.89. The Labute approximate surface area is 271 Å². The number of aromatic carboxylic acids is 1. The molecule has 9 nitrogen and oxygen atoms in total. The molecule has 3 heterocycles. The zero-order chi connectivity index (χ0) is 32.9. The molecular formula is C36H44N4O5S. The highest BCUT2D eigenvalue weighted by atomic mass is 32.2. The number of methoxy groups -OCH3 is 1. The van der Waals surface area contributed by atoms with Gasteiger partial charge in [0.1, 0.15) is 0 Å². The first kappa shape index (κ1) is 32.1. The van der Waals surface area contributed by atoms with Crippen LogP contribution in [0.1, 0.15) is 116 Å². The van der Waals surface area contributed by atoms with Gasteiger partial charge in [0, 0.05) is 46.9 Å². The summed E-state index contributed by atoms with van der Waals surface area (Å²) >= 11 is 0. The lowest BCUT2D eigenvalue weighted by molar-refractivity contribution is 0.0690. The summed E-state index contributed by atoms with van der Waals surface area (Å²) in [5.41, 5.74) is 7.30. The maximum atomic E-state index is 13.5. The second kappa shape index (κ2) is 12.4. The quantitative estimate of drug-likeness (QED) is 0.262. The number of hydrogen-bond donors (Lipinski definition) is 2. The fourth-order valence-electron chi connectivity index (χ4n) is 7.14. The Kier molecular flexibility index (Phi) is 8.63. The summed E-state index contributed by atoms with van der Waals surface area (Å²) in [7, 11) is -1.12. The highest BCUT2D eigenvalue weighted by Gasteiger charge is 2.33. The van der Waals surface area contributed by atoms with Gasteiger partial charge in [0.2, 0.25) is 0 Å². The standard InChI is InChI=1S/C36H44N4O5S/c1-21(2)40-20-37-32(36(42)43)33(40)26-16-25-17-27(45-5)13-15-28(25)34-31(23-10-8-7-9-11-23)29-14-12-24(18-30(29)39(34)19-26)35(41)38-46(6,44)22(3)4/h12-16,18,20-23,27H,6-11,17,19H2,1-5H3,(H,42,43)(H,38,41,44). The topological polar surface area (TPSA) is 115 Å². The van der Waals surface area contributed by atoms with E-state index in [0.29, 0.717) is 30.1 Å². The number of rotatable bonds is 8. The lowest BCUT2D eigenvalue weighted by atomic mass is 9.80. The van der Waals surface area contributed by atoms with Crippen molar-refractivity contribution < 1.29 is 23.6 Å². The van der Waals surface area contributed by atoms with Crippen molar-refractivity contribution in [2.45, 2.75) is 96.1 Å². The third kappa shape index (κ3) is 5.66. The molecule has 6 rings (SSSR count). The van der Waals surface area contributed by atoms with Crippen molar-refractivity contribution in [1.29, 1.82) is 0 Å². The van der Waals surface area contributed by atoms with Crippen LogP contribution in [0.5, 0.6) is 0 Å². The van der Waals surface area contributed by atoms with Gasteiger partial charge in [0.25, 0.3) is 5.91 Å². The number of carbonyl (C=O) groups excluding carboxylic acids is 1. The Morgan fingerprint density at radius 3 is 2.52 bits per heavy atom. The van der Waals surface area contributed by atoms with Crippen molar-refractivity contribution in [3.63, 3.8) is 0 Å². The molecule has 10 heteroatoms. The third-order valence-corrected chi connectivity index (χ3v) is 11.8. The molecule has 1 aromatic carbocycles. The number of nitrogens with one attached hydrogen (secondary N) is 1. The van der Waals surface area contributed by atoms with Crippen molar-refractivity contribution in [2.75, 3.05) is 7.11 Å². The number of ether oxygens (including phenoxy) is 1. The van der Waals surface area contributed by atoms with E-state index in [4.69, 9.17) is 4.74 Å². The summed E-state index contributed by atoms with van der Waals surface area (Å²) in [4.78, 5) is 30.3. The number of carbonyl (C=O) groups is 2. The van der Waals surface area contributed by atoms with Gasteiger partial charge >= 0.3 is 5.97 Å². The molecule has 1 aliphatic heterocycles. The second-order valence-corrected chi connectivity index (χ2v) is 15.9. The van der Waals surface area contributed by atoms with E-state index in [0.717, 1.165) is 59.0 Å². The Bertz CT molecular complexity index is 1920. The van der Waals surface area contributed by atoms with Crippen LogP contribution in [-0.2, 0) is 21.0 Å². The van der Waals surface area contributed by atoms with Gasteiger partial charge in [-0.1, -0.05) is 43.6 Å². The number of nitrogens with zero attached hydrogens (tertiary/aromatic N) is 3. The summed E-state index contributed by atoms with van der Waals surface area (Å²) in [6.07, 6.45) is 14.3. The molecular weight excluding hydrogens is 600 g/mol. The molecule has 1 amide bonds. The summed E-state index contributed by atoms with van der Waals surface area (Å²) in [5.74, 6) is 2.64. The minimum atomic E-state index is -2.83. The van der Waals surface area contributed by atoms with Crippen LogP contribution in [0.3, 0.4) is 0 Å². The van der Waals surface area contributed by atoms with Crippen molar-refractivity contribution in [3.05, 3.63) is 76.5 Å².